The monoisotopic (exact) mass is 427 g/mol. The molecule has 2 heterocycles. The minimum absolute atomic E-state index is 0.0497. The van der Waals surface area contributed by atoms with Gasteiger partial charge in [-0.2, -0.15) is 5.26 Å². The van der Waals surface area contributed by atoms with E-state index in [-0.39, 0.29) is 27.3 Å². The number of nitrogens with one attached hydrogen (secondary N) is 1. The molecule has 0 aliphatic rings. The fraction of sp³-hybridized carbons (Fsp3) is 0.200. The number of ether oxygens (including phenoxy) is 1. The van der Waals surface area contributed by atoms with Crippen LogP contribution in [-0.4, -0.2) is 22.6 Å². The van der Waals surface area contributed by atoms with Gasteiger partial charge in [0, 0.05) is 28.9 Å². The van der Waals surface area contributed by atoms with E-state index in [1.807, 2.05) is 6.07 Å². The van der Waals surface area contributed by atoms with Crippen LogP contribution in [0.5, 0.6) is 0 Å². The Bertz CT molecular complexity index is 1220. The van der Waals surface area contributed by atoms with Crippen molar-refractivity contribution >= 4 is 44.1 Å². The molecule has 0 unspecified atom stereocenters. The number of aromatic nitrogens is 1. The van der Waals surface area contributed by atoms with Gasteiger partial charge >= 0.3 is 6.09 Å². The summed E-state index contributed by atoms with van der Waals surface area (Å²) in [6.07, 6.45) is 2.17. The molecule has 0 atom stereocenters. The summed E-state index contributed by atoms with van der Waals surface area (Å²) in [5.41, 5.74) is 10.2. The molecule has 0 spiro atoms. The first-order chi connectivity index (χ1) is 14.0. The van der Waals surface area contributed by atoms with Crippen molar-refractivity contribution in [1.29, 1.82) is 5.26 Å². The number of fused-ring (bicyclic) bond motifs is 1. The first-order valence-corrected chi connectivity index (χ1v) is 9.54. The topological polar surface area (TPSA) is 144 Å². The van der Waals surface area contributed by atoms with Crippen molar-refractivity contribution in [3.63, 3.8) is 0 Å². The molecular formula is C20H18FN5O3S. The number of thiophene rings is 1. The van der Waals surface area contributed by atoms with Crippen LogP contribution < -0.4 is 16.8 Å². The Morgan fingerprint density at radius 2 is 1.97 bits per heavy atom. The Morgan fingerprint density at radius 1 is 1.27 bits per heavy atom. The summed E-state index contributed by atoms with van der Waals surface area (Å²) < 4.78 is 20.7. The summed E-state index contributed by atoms with van der Waals surface area (Å²) in [4.78, 5) is 27.7. The number of amides is 2. The number of anilines is 2. The second-order valence-electron chi connectivity index (χ2n) is 7.36. The first-order valence-electron chi connectivity index (χ1n) is 8.72. The van der Waals surface area contributed by atoms with Crippen molar-refractivity contribution in [3.05, 3.63) is 41.5 Å². The van der Waals surface area contributed by atoms with Gasteiger partial charge in [-0.3, -0.25) is 15.1 Å². The number of nitrogens with zero attached hydrogens (tertiary/aromatic N) is 2. The predicted molar refractivity (Wildman–Crippen MR) is 113 cm³/mol. The molecule has 5 N–H and O–H groups in total. The van der Waals surface area contributed by atoms with E-state index in [9.17, 15) is 19.2 Å². The molecule has 0 fully saturated rings. The predicted octanol–water partition coefficient (Wildman–Crippen LogP) is 4.00. The van der Waals surface area contributed by atoms with Gasteiger partial charge in [-0.05, 0) is 26.8 Å². The van der Waals surface area contributed by atoms with E-state index in [4.69, 9.17) is 16.2 Å². The molecular weight excluding hydrogens is 409 g/mol. The fourth-order valence-electron chi connectivity index (χ4n) is 2.86. The zero-order valence-corrected chi connectivity index (χ0v) is 17.2. The molecule has 2 aromatic heterocycles. The highest BCUT2D eigenvalue weighted by atomic mass is 32.1. The normalized spacial score (nSPS) is 11.2. The van der Waals surface area contributed by atoms with E-state index >= 15 is 0 Å². The maximum atomic E-state index is 14.9. The maximum absolute atomic E-state index is 14.9. The summed E-state index contributed by atoms with van der Waals surface area (Å²) in [6.45, 7) is 5.15. The van der Waals surface area contributed by atoms with Crippen LogP contribution in [0.3, 0.4) is 0 Å². The largest absolute Gasteiger partial charge is 0.444 e. The number of pyridine rings is 1. The Kier molecular flexibility index (Phi) is 5.33. The number of rotatable bonds is 3. The van der Waals surface area contributed by atoms with E-state index in [1.54, 1.807) is 20.8 Å². The Balaban J connectivity index is 2.16. The van der Waals surface area contributed by atoms with Gasteiger partial charge < -0.3 is 16.2 Å². The second kappa shape index (κ2) is 7.61. The third-order valence-electron chi connectivity index (χ3n) is 4.06. The van der Waals surface area contributed by atoms with E-state index in [2.05, 4.69) is 10.3 Å². The number of nitrogens with two attached hydrogens (primary N) is 2. The summed E-state index contributed by atoms with van der Waals surface area (Å²) in [5.74, 6) is -1.70. The van der Waals surface area contributed by atoms with E-state index in [1.165, 1.54) is 24.5 Å². The molecule has 0 bridgehead atoms. The van der Waals surface area contributed by atoms with Crippen molar-refractivity contribution in [2.24, 2.45) is 5.73 Å². The van der Waals surface area contributed by atoms with Crippen LogP contribution in [0.25, 0.3) is 21.2 Å². The third-order valence-corrected chi connectivity index (χ3v) is 5.10. The van der Waals surface area contributed by atoms with Crippen LogP contribution in [0, 0.1) is 17.1 Å². The molecule has 1 aromatic carbocycles. The number of hydrogen-bond donors (Lipinski definition) is 3. The molecule has 0 saturated heterocycles. The van der Waals surface area contributed by atoms with Crippen LogP contribution in [0.15, 0.2) is 24.5 Å². The van der Waals surface area contributed by atoms with Crippen molar-refractivity contribution in [2.45, 2.75) is 26.4 Å². The van der Waals surface area contributed by atoms with E-state index < -0.39 is 29.1 Å². The van der Waals surface area contributed by atoms with Crippen molar-refractivity contribution in [3.8, 4) is 17.2 Å². The maximum Gasteiger partial charge on any atom is 0.412 e. The van der Waals surface area contributed by atoms with Crippen LogP contribution in [0.2, 0.25) is 0 Å². The second-order valence-corrected chi connectivity index (χ2v) is 8.41. The average Bonchev–Trinajstić information content (AvgIpc) is 2.99. The van der Waals surface area contributed by atoms with Gasteiger partial charge in [0.25, 0.3) is 5.91 Å². The number of carbonyl (C=O) groups excluding carboxylic acids is 2. The number of benzene rings is 1. The van der Waals surface area contributed by atoms with Gasteiger partial charge in [0.1, 0.15) is 16.7 Å². The minimum Gasteiger partial charge on any atom is -0.444 e. The molecule has 3 aromatic rings. The lowest BCUT2D eigenvalue weighted by Crippen LogP contribution is -2.27. The summed E-state index contributed by atoms with van der Waals surface area (Å²) >= 11 is 1.10. The number of nitriles is 1. The quantitative estimate of drug-likeness (QED) is 0.539. The molecule has 154 valence electrons. The third kappa shape index (κ3) is 3.88. The molecule has 0 aliphatic heterocycles. The lowest BCUT2D eigenvalue weighted by molar-refractivity contribution is 0.0636. The smallest absolute Gasteiger partial charge is 0.412 e. The standard InChI is InChI=1S/C20H18FN5O3S/c1-20(2,3)29-19(28)26-18-11(6-22)14-12(7-25-8-13(14)30-18)9-4-5-10(17(24)27)16(23)15(9)21/h4-5,7-8H,23H2,1-3H3,(H2,24,27)(H,26,28). The number of primary amides is 1. The zero-order valence-electron chi connectivity index (χ0n) is 16.4. The Hall–Kier alpha value is -3.71. The van der Waals surface area contributed by atoms with Crippen molar-refractivity contribution in [1.82, 2.24) is 4.98 Å². The van der Waals surface area contributed by atoms with E-state index in [0.29, 0.717) is 10.1 Å². The van der Waals surface area contributed by atoms with E-state index in [0.717, 1.165) is 11.3 Å². The SMILES string of the molecule is CC(C)(C)OC(=O)Nc1sc2cncc(-c3ccc(C(N)=O)c(N)c3F)c2c1C#N. The number of carbonyl (C=O) groups is 2. The van der Waals surface area contributed by atoms with Crippen LogP contribution in [0.4, 0.5) is 19.9 Å². The van der Waals surface area contributed by atoms with Crippen LogP contribution in [-0.2, 0) is 4.74 Å². The van der Waals surface area contributed by atoms with Crippen molar-refractivity contribution < 1.29 is 18.7 Å². The van der Waals surface area contributed by atoms with Gasteiger partial charge in [0.2, 0.25) is 0 Å². The molecule has 10 heteroatoms. The van der Waals surface area contributed by atoms with Crippen molar-refractivity contribution in [2.75, 3.05) is 11.1 Å². The molecule has 0 saturated carbocycles. The summed E-state index contributed by atoms with van der Waals surface area (Å²) in [5, 5.41) is 12.9. The summed E-state index contributed by atoms with van der Waals surface area (Å²) in [7, 11) is 0. The van der Waals surface area contributed by atoms with Crippen LogP contribution >= 0.6 is 11.3 Å². The molecule has 8 nitrogen and oxygen atoms in total. The Labute approximate surface area is 175 Å². The number of hydrogen-bond acceptors (Lipinski definition) is 7. The summed E-state index contributed by atoms with van der Waals surface area (Å²) in [6, 6.07) is 4.71. The lowest BCUT2D eigenvalue weighted by Gasteiger charge is -2.19. The zero-order chi connectivity index (χ0) is 22.2. The molecule has 3 rings (SSSR count). The highest BCUT2D eigenvalue weighted by molar-refractivity contribution is 7.23. The van der Waals surface area contributed by atoms with Gasteiger partial charge in [-0.1, -0.05) is 6.07 Å². The molecule has 30 heavy (non-hydrogen) atoms. The average molecular weight is 427 g/mol. The fourth-order valence-corrected chi connectivity index (χ4v) is 3.89. The number of halogens is 1. The minimum atomic E-state index is -0.855. The van der Waals surface area contributed by atoms with Gasteiger partial charge in [-0.15, -0.1) is 11.3 Å². The number of nitrogen functional groups attached to an aromatic ring is 1. The molecule has 0 radical (unpaired) electrons. The Morgan fingerprint density at radius 3 is 2.57 bits per heavy atom. The van der Waals surface area contributed by atoms with Gasteiger partial charge in [-0.25, -0.2) is 9.18 Å². The van der Waals surface area contributed by atoms with Crippen LogP contribution in [0.1, 0.15) is 36.7 Å². The lowest BCUT2D eigenvalue weighted by atomic mass is 9.98. The van der Waals surface area contributed by atoms with Gasteiger partial charge in [0.15, 0.2) is 5.82 Å². The highest BCUT2D eigenvalue weighted by Gasteiger charge is 2.23. The first kappa shape index (κ1) is 21.0. The highest BCUT2D eigenvalue weighted by Crippen LogP contribution is 2.41. The molecule has 0 aliphatic carbocycles. The van der Waals surface area contributed by atoms with Gasteiger partial charge in [0.05, 0.1) is 21.5 Å². The molecule has 2 amide bonds.